The maximum absolute atomic E-state index is 8.63. The molecule has 0 atom stereocenters. The quantitative estimate of drug-likeness (QED) is 0.189. The largest absolute Gasteiger partial charge is 0.409 e. The van der Waals surface area contributed by atoms with E-state index < -0.39 is 0 Å². The summed E-state index contributed by atoms with van der Waals surface area (Å²) in [7, 11) is 0. The molecule has 0 radical (unpaired) electrons. The van der Waals surface area contributed by atoms with Gasteiger partial charge >= 0.3 is 0 Å². The van der Waals surface area contributed by atoms with Gasteiger partial charge < -0.3 is 16.3 Å². The monoisotopic (exact) mass is 293 g/mol. The van der Waals surface area contributed by atoms with Crippen LogP contribution in [0.1, 0.15) is 36.8 Å². The number of oxime groups is 1. The zero-order chi connectivity index (χ0) is 14.4. The molecule has 0 saturated heterocycles. The molecular formula is C15H20ClN3O. The van der Waals surface area contributed by atoms with Gasteiger partial charge in [0.1, 0.15) is 0 Å². The smallest absolute Gasteiger partial charge is 0.170 e. The van der Waals surface area contributed by atoms with E-state index in [0.29, 0.717) is 10.6 Å². The second kappa shape index (κ2) is 7.31. The normalized spacial score (nSPS) is 15.4. The molecule has 1 aromatic rings. The SMILES string of the molecule is N/C(=N/O)c1ccc(CNCCC2=CCCC2)c(Cl)c1. The van der Waals surface area contributed by atoms with E-state index in [1.54, 1.807) is 17.7 Å². The van der Waals surface area contributed by atoms with Gasteiger partial charge in [0.25, 0.3) is 0 Å². The minimum Gasteiger partial charge on any atom is -0.409 e. The van der Waals surface area contributed by atoms with E-state index >= 15 is 0 Å². The van der Waals surface area contributed by atoms with Gasteiger partial charge in [-0.1, -0.05) is 40.5 Å². The van der Waals surface area contributed by atoms with E-state index in [1.807, 2.05) is 6.07 Å². The third-order valence-electron chi connectivity index (χ3n) is 3.53. The lowest BCUT2D eigenvalue weighted by Gasteiger charge is -2.08. The highest BCUT2D eigenvalue weighted by atomic mass is 35.5. The Morgan fingerprint density at radius 3 is 2.95 bits per heavy atom. The summed E-state index contributed by atoms with van der Waals surface area (Å²) >= 11 is 6.19. The van der Waals surface area contributed by atoms with Crippen molar-refractivity contribution in [3.05, 3.63) is 46.0 Å². The predicted octanol–water partition coefficient (Wildman–Crippen LogP) is 3.02. The van der Waals surface area contributed by atoms with Crippen molar-refractivity contribution in [2.45, 2.75) is 32.2 Å². The van der Waals surface area contributed by atoms with Crippen LogP contribution in [0.5, 0.6) is 0 Å². The second-order valence-corrected chi connectivity index (χ2v) is 5.38. The van der Waals surface area contributed by atoms with Gasteiger partial charge in [0.15, 0.2) is 5.84 Å². The Morgan fingerprint density at radius 2 is 2.30 bits per heavy atom. The summed E-state index contributed by atoms with van der Waals surface area (Å²) in [5.74, 6) is 0.0691. The van der Waals surface area contributed by atoms with Gasteiger partial charge in [0.05, 0.1) is 0 Å². The molecule has 0 spiro atoms. The third-order valence-corrected chi connectivity index (χ3v) is 3.88. The molecule has 0 amide bonds. The lowest BCUT2D eigenvalue weighted by molar-refractivity contribution is 0.318. The minimum absolute atomic E-state index is 0.0691. The average molecular weight is 294 g/mol. The number of hydrogen-bond acceptors (Lipinski definition) is 3. The number of amidine groups is 1. The first kappa shape index (κ1) is 14.9. The number of rotatable bonds is 6. The van der Waals surface area contributed by atoms with Gasteiger partial charge in [-0.15, -0.1) is 0 Å². The summed E-state index contributed by atoms with van der Waals surface area (Å²) in [6.07, 6.45) is 7.24. The summed E-state index contributed by atoms with van der Waals surface area (Å²) in [6.45, 7) is 1.69. The van der Waals surface area contributed by atoms with Gasteiger partial charge in [-0.2, -0.15) is 0 Å². The number of halogens is 1. The van der Waals surface area contributed by atoms with Crippen LogP contribution in [0, 0.1) is 0 Å². The standard InChI is InChI=1S/C15H20ClN3O/c16-14-9-12(15(17)19-20)5-6-13(14)10-18-8-7-11-3-1-2-4-11/h3,5-6,9,18,20H,1-2,4,7-8,10H2,(H2,17,19). The van der Waals surface area contributed by atoms with Crippen LogP contribution in [-0.2, 0) is 6.54 Å². The van der Waals surface area contributed by atoms with Gasteiger partial charge in [-0.25, -0.2) is 0 Å². The highest BCUT2D eigenvalue weighted by molar-refractivity contribution is 6.31. The minimum atomic E-state index is 0.0691. The van der Waals surface area contributed by atoms with E-state index in [1.165, 1.54) is 19.3 Å². The molecule has 1 aliphatic rings. The molecule has 4 N–H and O–H groups in total. The zero-order valence-corrected chi connectivity index (χ0v) is 12.2. The average Bonchev–Trinajstić information content (AvgIpc) is 2.97. The van der Waals surface area contributed by atoms with Crippen LogP contribution in [0.2, 0.25) is 5.02 Å². The molecular weight excluding hydrogens is 274 g/mol. The van der Waals surface area contributed by atoms with Gasteiger partial charge in [-0.3, -0.25) is 0 Å². The molecule has 0 saturated carbocycles. The van der Waals surface area contributed by atoms with E-state index in [2.05, 4.69) is 16.5 Å². The second-order valence-electron chi connectivity index (χ2n) is 4.97. The predicted molar refractivity (Wildman–Crippen MR) is 82.2 cm³/mol. The number of benzene rings is 1. The molecule has 0 fully saturated rings. The number of nitrogens with zero attached hydrogens (tertiary/aromatic N) is 1. The van der Waals surface area contributed by atoms with Crippen molar-refractivity contribution in [2.24, 2.45) is 10.9 Å². The fourth-order valence-electron chi connectivity index (χ4n) is 2.34. The topological polar surface area (TPSA) is 70.6 Å². The molecule has 0 heterocycles. The first-order valence-corrected chi connectivity index (χ1v) is 7.23. The van der Waals surface area contributed by atoms with Crippen LogP contribution in [-0.4, -0.2) is 17.6 Å². The van der Waals surface area contributed by atoms with Crippen molar-refractivity contribution in [1.82, 2.24) is 5.32 Å². The first-order valence-electron chi connectivity index (χ1n) is 6.85. The lowest BCUT2D eigenvalue weighted by atomic mass is 10.1. The van der Waals surface area contributed by atoms with E-state index in [4.69, 9.17) is 22.5 Å². The molecule has 0 unspecified atom stereocenters. The van der Waals surface area contributed by atoms with Crippen molar-refractivity contribution in [1.29, 1.82) is 0 Å². The van der Waals surface area contributed by atoms with Gasteiger partial charge in [0.2, 0.25) is 0 Å². The van der Waals surface area contributed by atoms with Crippen molar-refractivity contribution >= 4 is 17.4 Å². The Morgan fingerprint density at radius 1 is 1.45 bits per heavy atom. The summed E-state index contributed by atoms with van der Waals surface area (Å²) < 4.78 is 0. The van der Waals surface area contributed by atoms with E-state index in [9.17, 15) is 0 Å². The van der Waals surface area contributed by atoms with Crippen LogP contribution in [0.4, 0.5) is 0 Å². The summed E-state index contributed by atoms with van der Waals surface area (Å²) in [6, 6.07) is 5.42. The van der Waals surface area contributed by atoms with Crippen molar-refractivity contribution in [3.8, 4) is 0 Å². The van der Waals surface area contributed by atoms with Crippen LogP contribution in [0.15, 0.2) is 35.0 Å². The molecule has 20 heavy (non-hydrogen) atoms. The molecule has 4 nitrogen and oxygen atoms in total. The first-order chi connectivity index (χ1) is 9.70. The van der Waals surface area contributed by atoms with Crippen LogP contribution in [0.3, 0.4) is 0 Å². The number of nitrogens with two attached hydrogens (primary N) is 1. The highest BCUT2D eigenvalue weighted by Crippen LogP contribution is 2.20. The summed E-state index contributed by atoms with van der Waals surface area (Å²) in [5.41, 5.74) is 8.72. The van der Waals surface area contributed by atoms with Crippen LogP contribution < -0.4 is 11.1 Å². The van der Waals surface area contributed by atoms with Crippen LogP contribution >= 0.6 is 11.6 Å². The Hall–Kier alpha value is -1.52. The molecule has 1 aliphatic carbocycles. The lowest BCUT2D eigenvalue weighted by Crippen LogP contribution is -2.16. The van der Waals surface area contributed by atoms with Crippen molar-refractivity contribution in [3.63, 3.8) is 0 Å². The van der Waals surface area contributed by atoms with E-state index in [0.717, 1.165) is 25.1 Å². The van der Waals surface area contributed by atoms with Crippen LogP contribution in [0.25, 0.3) is 0 Å². The zero-order valence-electron chi connectivity index (χ0n) is 11.4. The fourth-order valence-corrected chi connectivity index (χ4v) is 2.59. The molecule has 2 rings (SSSR count). The van der Waals surface area contributed by atoms with Gasteiger partial charge in [0, 0.05) is 17.1 Å². The van der Waals surface area contributed by atoms with Crippen molar-refractivity contribution in [2.75, 3.05) is 6.54 Å². The third kappa shape index (κ3) is 3.99. The molecule has 0 aliphatic heterocycles. The Bertz CT molecular complexity index is 526. The molecule has 5 heteroatoms. The highest BCUT2D eigenvalue weighted by Gasteiger charge is 2.06. The fraction of sp³-hybridized carbons (Fsp3) is 0.400. The molecule has 0 bridgehead atoms. The Balaban J connectivity index is 1.83. The summed E-state index contributed by atoms with van der Waals surface area (Å²) in [5, 5.41) is 15.6. The summed E-state index contributed by atoms with van der Waals surface area (Å²) in [4.78, 5) is 0. The maximum Gasteiger partial charge on any atom is 0.170 e. The molecule has 108 valence electrons. The number of hydrogen-bond donors (Lipinski definition) is 3. The Kier molecular flexibility index (Phi) is 5.44. The molecule has 0 aromatic heterocycles. The number of nitrogens with one attached hydrogen (secondary N) is 1. The molecule has 1 aromatic carbocycles. The Labute approximate surface area is 124 Å². The van der Waals surface area contributed by atoms with Gasteiger partial charge in [-0.05, 0) is 43.9 Å². The van der Waals surface area contributed by atoms with E-state index in [-0.39, 0.29) is 5.84 Å². The number of allylic oxidation sites excluding steroid dienone is 1. The van der Waals surface area contributed by atoms with Crippen molar-refractivity contribution < 1.29 is 5.21 Å². The maximum atomic E-state index is 8.63.